The molecule has 2 amide bonds. The van der Waals surface area contributed by atoms with Crippen LogP contribution in [0, 0.1) is 11.8 Å². The lowest BCUT2D eigenvalue weighted by Gasteiger charge is -2.16. The first-order valence-electron chi connectivity index (χ1n) is 11.6. The molecule has 2 fully saturated rings. The monoisotopic (exact) mass is 507 g/mol. The second-order valence-corrected chi connectivity index (χ2v) is 8.81. The van der Waals surface area contributed by atoms with Crippen LogP contribution in [0.1, 0.15) is 24.9 Å². The Morgan fingerprint density at radius 1 is 1.24 bits per heavy atom. The van der Waals surface area contributed by atoms with Gasteiger partial charge in [-0.25, -0.2) is 19.7 Å². The molecule has 0 bridgehead atoms. The molecule has 3 aromatic rings. The van der Waals surface area contributed by atoms with Gasteiger partial charge in [0.1, 0.15) is 23.5 Å². The first-order valence-corrected chi connectivity index (χ1v) is 11.6. The van der Waals surface area contributed by atoms with E-state index in [-0.39, 0.29) is 35.4 Å². The molecule has 2 aliphatic rings. The van der Waals surface area contributed by atoms with Gasteiger partial charge in [0, 0.05) is 13.1 Å². The number of aliphatic hydroxyl groups excluding tert-OH is 2. The molecule has 0 radical (unpaired) electrons. The number of hydrogen-bond acceptors (Lipinski definition) is 10. The summed E-state index contributed by atoms with van der Waals surface area (Å²) in [5, 5.41) is 23.8. The van der Waals surface area contributed by atoms with Crippen LogP contribution >= 0.6 is 0 Å². The predicted octanol–water partition coefficient (Wildman–Crippen LogP) is -0.211. The number of nitrogens with zero attached hydrogens (tertiary/aromatic N) is 5. The number of nitrogens with two attached hydrogens (primary N) is 1. The van der Waals surface area contributed by atoms with Gasteiger partial charge in [0.2, 0.25) is 5.82 Å². The van der Waals surface area contributed by atoms with E-state index in [1.165, 1.54) is 22.8 Å². The van der Waals surface area contributed by atoms with Gasteiger partial charge in [-0.15, -0.1) is 0 Å². The van der Waals surface area contributed by atoms with Crippen LogP contribution in [-0.2, 0) is 9.53 Å². The number of nitrogens with one attached hydrogen (secondary N) is 1. The van der Waals surface area contributed by atoms with E-state index in [4.69, 9.17) is 15.2 Å². The molecule has 0 spiro atoms. The third-order valence-electron chi connectivity index (χ3n) is 5.92. The molecule has 1 aliphatic heterocycles. The van der Waals surface area contributed by atoms with Crippen LogP contribution in [0.2, 0.25) is 0 Å². The van der Waals surface area contributed by atoms with Crippen molar-refractivity contribution < 1.29 is 29.3 Å². The predicted molar refractivity (Wildman–Crippen MR) is 129 cm³/mol. The molecule has 4 atom stereocenters. The molecule has 2 aromatic heterocycles. The largest absolute Gasteiger partial charge is 0.415 e. The maximum Gasteiger partial charge on any atom is 0.415 e. The summed E-state index contributed by atoms with van der Waals surface area (Å²) in [4.78, 5) is 38.6. The summed E-state index contributed by atoms with van der Waals surface area (Å²) in [5.41, 5.74) is 6.48. The Balaban J connectivity index is 1.31. The number of rotatable bonds is 5. The van der Waals surface area contributed by atoms with Crippen LogP contribution in [0.5, 0.6) is 5.75 Å². The number of hydrogen-bond donors (Lipinski definition) is 4. The van der Waals surface area contributed by atoms with Gasteiger partial charge in [0.15, 0.2) is 23.8 Å². The topological polar surface area (TPSA) is 178 Å². The molecule has 13 heteroatoms. The van der Waals surface area contributed by atoms with E-state index in [0.29, 0.717) is 5.75 Å². The average molecular weight is 508 g/mol. The van der Waals surface area contributed by atoms with Gasteiger partial charge in [0.25, 0.3) is 5.91 Å². The van der Waals surface area contributed by atoms with E-state index in [2.05, 4.69) is 32.1 Å². The lowest BCUT2D eigenvalue weighted by atomic mass is 10.1. The third-order valence-corrected chi connectivity index (χ3v) is 5.92. The van der Waals surface area contributed by atoms with Gasteiger partial charge in [-0.1, -0.05) is 24.1 Å². The zero-order chi connectivity index (χ0) is 26.1. The third kappa shape index (κ3) is 5.17. The van der Waals surface area contributed by atoms with Crippen LogP contribution in [0.15, 0.2) is 36.7 Å². The first-order chi connectivity index (χ1) is 17.8. The van der Waals surface area contributed by atoms with Crippen LogP contribution < -0.4 is 15.8 Å². The lowest BCUT2D eigenvalue weighted by molar-refractivity contribution is -0.137. The molecule has 3 heterocycles. The molecule has 1 aromatic carbocycles. The highest BCUT2D eigenvalue weighted by Gasteiger charge is 2.48. The number of amides is 2. The van der Waals surface area contributed by atoms with E-state index in [9.17, 15) is 19.8 Å². The van der Waals surface area contributed by atoms with Gasteiger partial charge >= 0.3 is 6.09 Å². The number of anilines is 1. The Morgan fingerprint density at radius 2 is 2.00 bits per heavy atom. The van der Waals surface area contributed by atoms with Gasteiger partial charge in [-0.2, -0.15) is 0 Å². The minimum atomic E-state index is -1.44. The summed E-state index contributed by atoms with van der Waals surface area (Å²) >= 11 is 0. The molecule has 1 saturated carbocycles. The van der Waals surface area contributed by atoms with Crippen molar-refractivity contribution in [3.8, 4) is 17.6 Å². The number of ether oxygens (including phenoxy) is 2. The van der Waals surface area contributed by atoms with Gasteiger partial charge in [0.05, 0.1) is 12.9 Å². The van der Waals surface area contributed by atoms with Crippen molar-refractivity contribution in [3.05, 3.63) is 42.5 Å². The number of imidazole rings is 1. The average Bonchev–Trinajstić information content (AvgIpc) is 3.52. The number of carbonyl (C=O) groups is 2. The van der Waals surface area contributed by atoms with E-state index in [1.54, 1.807) is 24.3 Å². The second kappa shape index (κ2) is 10.0. The lowest BCUT2D eigenvalue weighted by Crippen LogP contribution is -2.43. The van der Waals surface area contributed by atoms with Gasteiger partial charge in [-0.3, -0.25) is 14.3 Å². The number of benzene rings is 1. The number of para-hydroxylation sites is 1. The van der Waals surface area contributed by atoms with E-state index in [1.807, 2.05) is 6.07 Å². The molecule has 5 N–H and O–H groups in total. The number of aromatic nitrogens is 4. The van der Waals surface area contributed by atoms with Crippen LogP contribution in [0.3, 0.4) is 0 Å². The molecule has 1 saturated heterocycles. The SMILES string of the molecule is CN(CC#Cc1nc(N)c2ncn([C@@H]3O[C@H](C(=O)NC4CC4)[C@H](O)[C@@H]3O)c2n1)C(=O)Oc1ccccc1. The molecule has 1 aliphatic carbocycles. The molecule has 192 valence electrons. The smallest absolute Gasteiger partial charge is 0.410 e. The van der Waals surface area contributed by atoms with E-state index >= 15 is 0 Å². The minimum absolute atomic E-state index is 0.0284. The minimum Gasteiger partial charge on any atom is -0.410 e. The maximum absolute atomic E-state index is 12.4. The molecule has 13 nitrogen and oxygen atoms in total. The highest BCUT2D eigenvalue weighted by Crippen LogP contribution is 2.33. The van der Waals surface area contributed by atoms with Crippen LogP contribution in [-0.4, -0.2) is 84.6 Å². The fraction of sp³-hybridized carbons (Fsp3) is 0.375. The molecular weight excluding hydrogens is 482 g/mol. The van der Waals surface area contributed by atoms with Crippen molar-refractivity contribution in [3.63, 3.8) is 0 Å². The van der Waals surface area contributed by atoms with Gasteiger partial charge < -0.3 is 30.7 Å². The zero-order valence-electron chi connectivity index (χ0n) is 19.8. The Bertz CT molecular complexity index is 1380. The Labute approximate surface area is 211 Å². The number of aliphatic hydroxyl groups is 2. The summed E-state index contributed by atoms with van der Waals surface area (Å²) in [6.45, 7) is 0.0284. The van der Waals surface area contributed by atoms with Crippen molar-refractivity contribution in [1.29, 1.82) is 0 Å². The maximum atomic E-state index is 12.4. The summed E-state index contributed by atoms with van der Waals surface area (Å²) < 4.78 is 12.3. The normalized spacial score (nSPS) is 22.8. The van der Waals surface area contributed by atoms with Crippen molar-refractivity contribution in [2.45, 2.75) is 43.4 Å². The Morgan fingerprint density at radius 3 is 2.73 bits per heavy atom. The fourth-order valence-corrected chi connectivity index (χ4v) is 3.77. The number of fused-ring (bicyclic) bond motifs is 1. The summed E-state index contributed by atoms with van der Waals surface area (Å²) in [5.74, 6) is 5.56. The molecule has 5 rings (SSSR count). The van der Waals surface area contributed by atoms with Crippen molar-refractivity contribution in [2.75, 3.05) is 19.3 Å². The first kappa shape index (κ1) is 24.4. The quantitative estimate of drug-likeness (QED) is 0.338. The molecular formula is C24H25N7O6. The van der Waals surface area contributed by atoms with Crippen molar-refractivity contribution >= 4 is 29.0 Å². The van der Waals surface area contributed by atoms with Crippen molar-refractivity contribution in [1.82, 2.24) is 29.7 Å². The summed E-state index contributed by atoms with van der Waals surface area (Å²) in [6.07, 6.45) is -2.74. The summed E-state index contributed by atoms with van der Waals surface area (Å²) in [6, 6.07) is 8.72. The molecule has 0 unspecified atom stereocenters. The number of carbonyl (C=O) groups excluding carboxylic acids is 2. The second-order valence-electron chi connectivity index (χ2n) is 8.81. The van der Waals surface area contributed by atoms with Crippen LogP contribution in [0.4, 0.5) is 10.6 Å². The Kier molecular flexibility index (Phi) is 6.62. The highest BCUT2D eigenvalue weighted by atomic mass is 16.6. The van der Waals surface area contributed by atoms with Crippen molar-refractivity contribution in [2.24, 2.45) is 0 Å². The van der Waals surface area contributed by atoms with E-state index < -0.39 is 36.5 Å². The zero-order valence-corrected chi connectivity index (χ0v) is 19.8. The Hall–Kier alpha value is -4.25. The van der Waals surface area contributed by atoms with Crippen LogP contribution in [0.25, 0.3) is 11.2 Å². The van der Waals surface area contributed by atoms with Gasteiger partial charge in [-0.05, 0) is 30.9 Å². The van der Waals surface area contributed by atoms with E-state index in [0.717, 1.165) is 12.8 Å². The standard InChI is InChI=1S/C24H25N7O6/c1-30(24(35)36-14-6-3-2-4-7-14)11-5-8-15-28-20(25)16-21(29-15)31(12-26-16)23-18(33)17(32)19(37-23)22(34)27-13-9-10-13/h2-4,6-7,12-13,17-19,23,32-33H,9-11H2,1H3,(H,27,34)(H2,25,28,29)/t17-,18+,19+,23-/m1/s1. The highest BCUT2D eigenvalue weighted by molar-refractivity contribution is 5.83. The fourth-order valence-electron chi connectivity index (χ4n) is 3.77. The number of nitrogen functional groups attached to an aromatic ring is 1. The molecule has 37 heavy (non-hydrogen) atoms. The summed E-state index contributed by atoms with van der Waals surface area (Å²) in [7, 11) is 1.54.